The lowest BCUT2D eigenvalue weighted by Gasteiger charge is -2.27. The molecule has 0 radical (unpaired) electrons. The van der Waals surface area contributed by atoms with E-state index in [0.717, 1.165) is 0 Å². The van der Waals surface area contributed by atoms with Gasteiger partial charge in [-0.3, -0.25) is 4.90 Å². The number of nitrogens with two attached hydrogens (primary N) is 1. The molecule has 0 aliphatic rings. The van der Waals surface area contributed by atoms with Gasteiger partial charge in [0, 0.05) is 14.2 Å². The van der Waals surface area contributed by atoms with Gasteiger partial charge in [0.25, 0.3) is 0 Å². The van der Waals surface area contributed by atoms with E-state index in [9.17, 15) is 5.11 Å². The number of hydrogen-bond acceptors (Lipinski definition) is 10. The summed E-state index contributed by atoms with van der Waals surface area (Å²) in [5, 5.41) is 20.5. The normalized spacial score (nSPS) is 10.7. The van der Waals surface area contributed by atoms with Gasteiger partial charge in [-0.1, -0.05) is 0 Å². The standard InChI is InChI=1S/C8H16N6O4/c1-17-8(18-2)14(4-16)7-12-5(9)11-6(13-7)10-3-15/h8,15-16H,3-4H2,1-2H3,(H3,9,10,11,12,13). The molecule has 1 aromatic heterocycles. The summed E-state index contributed by atoms with van der Waals surface area (Å²) in [6.45, 7) is -0.811. The molecule has 0 unspecified atom stereocenters. The molecule has 0 saturated carbocycles. The Kier molecular flexibility index (Phi) is 5.45. The molecule has 0 amide bonds. The minimum atomic E-state index is -0.876. The van der Waals surface area contributed by atoms with E-state index in [-0.39, 0.29) is 24.6 Å². The van der Waals surface area contributed by atoms with Crippen molar-refractivity contribution in [2.75, 3.05) is 43.6 Å². The van der Waals surface area contributed by atoms with Crippen LogP contribution in [-0.2, 0) is 9.47 Å². The van der Waals surface area contributed by atoms with E-state index in [1.807, 2.05) is 0 Å². The number of nitrogens with zero attached hydrogens (tertiary/aromatic N) is 4. The fourth-order valence-electron chi connectivity index (χ4n) is 1.23. The van der Waals surface area contributed by atoms with Gasteiger partial charge in [0.1, 0.15) is 13.5 Å². The molecule has 0 bridgehead atoms. The van der Waals surface area contributed by atoms with E-state index in [2.05, 4.69) is 20.3 Å². The van der Waals surface area contributed by atoms with Crippen molar-refractivity contribution in [3.63, 3.8) is 0 Å². The summed E-state index contributed by atoms with van der Waals surface area (Å²) in [4.78, 5) is 12.7. The Balaban J connectivity index is 3.04. The molecule has 10 nitrogen and oxygen atoms in total. The number of aromatic nitrogens is 3. The molecule has 0 atom stereocenters. The zero-order chi connectivity index (χ0) is 13.5. The maximum atomic E-state index is 9.28. The minimum absolute atomic E-state index is 0.0506. The van der Waals surface area contributed by atoms with Crippen LogP contribution in [0.5, 0.6) is 0 Å². The predicted molar refractivity (Wildman–Crippen MR) is 62.3 cm³/mol. The van der Waals surface area contributed by atoms with Crippen LogP contribution in [0.4, 0.5) is 17.8 Å². The quantitative estimate of drug-likeness (QED) is 0.413. The molecule has 0 spiro atoms. The molecular weight excluding hydrogens is 244 g/mol. The first-order valence-electron chi connectivity index (χ1n) is 4.95. The summed E-state index contributed by atoms with van der Waals surface area (Å²) in [6, 6.07) is 0. The Bertz CT molecular complexity index is 375. The van der Waals surface area contributed by atoms with Gasteiger partial charge in [-0.25, -0.2) is 0 Å². The van der Waals surface area contributed by atoms with E-state index in [1.54, 1.807) is 0 Å². The SMILES string of the molecule is COC(OC)N(CO)c1nc(N)nc(NCO)n1. The number of aliphatic hydroxyl groups excluding tert-OH is 2. The summed E-state index contributed by atoms with van der Waals surface area (Å²) >= 11 is 0. The third-order valence-electron chi connectivity index (χ3n) is 1.95. The van der Waals surface area contributed by atoms with Gasteiger partial charge in [0.15, 0.2) is 0 Å². The highest BCUT2D eigenvalue weighted by atomic mass is 16.7. The monoisotopic (exact) mass is 260 g/mol. The highest BCUT2D eigenvalue weighted by Gasteiger charge is 2.21. The molecule has 18 heavy (non-hydrogen) atoms. The van der Waals surface area contributed by atoms with Crippen molar-refractivity contribution in [3.05, 3.63) is 0 Å². The largest absolute Gasteiger partial charge is 0.376 e. The fourth-order valence-corrected chi connectivity index (χ4v) is 1.23. The zero-order valence-corrected chi connectivity index (χ0v) is 10.1. The van der Waals surface area contributed by atoms with Gasteiger partial charge in [0.05, 0.1) is 0 Å². The molecule has 10 heteroatoms. The Morgan fingerprint density at radius 2 is 1.94 bits per heavy atom. The first-order chi connectivity index (χ1) is 8.65. The molecule has 0 saturated heterocycles. The molecule has 1 rings (SSSR count). The van der Waals surface area contributed by atoms with Crippen molar-refractivity contribution in [1.29, 1.82) is 0 Å². The Morgan fingerprint density at radius 1 is 1.28 bits per heavy atom. The summed E-state index contributed by atoms with van der Waals surface area (Å²) in [7, 11) is 2.79. The topological polar surface area (TPSA) is 139 Å². The van der Waals surface area contributed by atoms with E-state index < -0.39 is 13.1 Å². The molecule has 5 N–H and O–H groups in total. The number of anilines is 3. The molecule has 0 aromatic carbocycles. The van der Waals surface area contributed by atoms with Crippen LogP contribution in [0.1, 0.15) is 0 Å². The van der Waals surface area contributed by atoms with Crippen LogP contribution >= 0.6 is 0 Å². The third kappa shape index (κ3) is 3.37. The van der Waals surface area contributed by atoms with E-state index in [1.165, 1.54) is 19.1 Å². The van der Waals surface area contributed by atoms with Gasteiger partial charge < -0.3 is 30.7 Å². The second-order valence-electron chi connectivity index (χ2n) is 3.04. The maximum Gasteiger partial charge on any atom is 0.244 e. The van der Waals surface area contributed by atoms with E-state index in [4.69, 9.17) is 20.3 Å². The Hall–Kier alpha value is -1.75. The lowest BCUT2D eigenvalue weighted by atomic mass is 10.7. The molecule has 0 fully saturated rings. The third-order valence-corrected chi connectivity index (χ3v) is 1.95. The van der Waals surface area contributed by atoms with Crippen molar-refractivity contribution in [1.82, 2.24) is 15.0 Å². The molecule has 0 aliphatic heterocycles. The second-order valence-corrected chi connectivity index (χ2v) is 3.04. The average Bonchev–Trinajstić information content (AvgIpc) is 2.35. The highest BCUT2D eigenvalue weighted by Crippen LogP contribution is 2.14. The number of nitrogens with one attached hydrogen (secondary N) is 1. The van der Waals surface area contributed by atoms with Gasteiger partial charge >= 0.3 is 0 Å². The molecule has 1 aromatic rings. The molecular formula is C8H16N6O4. The van der Waals surface area contributed by atoms with Gasteiger partial charge in [-0.2, -0.15) is 15.0 Å². The van der Waals surface area contributed by atoms with Gasteiger partial charge in [0.2, 0.25) is 24.3 Å². The number of rotatable bonds is 7. The van der Waals surface area contributed by atoms with E-state index in [0.29, 0.717) is 0 Å². The number of methoxy groups -OCH3 is 2. The highest BCUT2D eigenvalue weighted by molar-refractivity contribution is 5.41. The smallest absolute Gasteiger partial charge is 0.244 e. The minimum Gasteiger partial charge on any atom is -0.376 e. The zero-order valence-electron chi connectivity index (χ0n) is 10.1. The van der Waals surface area contributed by atoms with Crippen LogP contribution in [0.15, 0.2) is 0 Å². The fraction of sp³-hybridized carbons (Fsp3) is 0.625. The van der Waals surface area contributed by atoms with Gasteiger partial charge in [-0.05, 0) is 0 Å². The summed E-state index contributed by atoms with van der Waals surface area (Å²) < 4.78 is 9.96. The number of aliphatic hydroxyl groups is 2. The van der Waals surface area contributed by atoms with Crippen LogP contribution in [0.2, 0.25) is 0 Å². The first-order valence-corrected chi connectivity index (χ1v) is 4.95. The predicted octanol–water partition coefficient (Wildman–Crippen LogP) is -1.85. The average molecular weight is 260 g/mol. The lowest BCUT2D eigenvalue weighted by molar-refractivity contribution is -0.110. The molecule has 0 aliphatic carbocycles. The van der Waals surface area contributed by atoms with Crippen molar-refractivity contribution in [2.45, 2.75) is 6.41 Å². The number of ether oxygens (including phenoxy) is 2. The summed E-state index contributed by atoms with van der Waals surface area (Å²) in [5.41, 5.74) is 5.49. The number of nitrogen functional groups attached to an aromatic ring is 1. The van der Waals surface area contributed by atoms with Crippen LogP contribution < -0.4 is 16.0 Å². The van der Waals surface area contributed by atoms with Crippen LogP contribution in [-0.4, -0.2) is 59.3 Å². The lowest BCUT2D eigenvalue weighted by Crippen LogP contribution is -2.40. The van der Waals surface area contributed by atoms with E-state index >= 15 is 0 Å². The van der Waals surface area contributed by atoms with Crippen LogP contribution in [0.3, 0.4) is 0 Å². The van der Waals surface area contributed by atoms with Crippen LogP contribution in [0, 0.1) is 0 Å². The molecule has 102 valence electrons. The Labute approximate surface area is 103 Å². The van der Waals surface area contributed by atoms with Gasteiger partial charge in [-0.15, -0.1) is 0 Å². The summed E-state index contributed by atoms with van der Waals surface area (Å²) in [6.07, 6.45) is -0.876. The van der Waals surface area contributed by atoms with Crippen LogP contribution in [0.25, 0.3) is 0 Å². The first kappa shape index (κ1) is 14.3. The van der Waals surface area contributed by atoms with Crippen molar-refractivity contribution >= 4 is 17.8 Å². The second kappa shape index (κ2) is 6.86. The maximum absolute atomic E-state index is 9.28. The Morgan fingerprint density at radius 3 is 2.44 bits per heavy atom. The van der Waals surface area contributed by atoms with Crippen molar-refractivity contribution in [3.8, 4) is 0 Å². The molecule has 1 heterocycles. The van der Waals surface area contributed by atoms with Crippen molar-refractivity contribution < 1.29 is 19.7 Å². The summed E-state index contributed by atoms with van der Waals surface area (Å²) in [5.74, 6) is 0.0550. The number of hydrogen-bond donors (Lipinski definition) is 4. The van der Waals surface area contributed by atoms with Crippen molar-refractivity contribution in [2.24, 2.45) is 0 Å².